The summed E-state index contributed by atoms with van der Waals surface area (Å²) in [5.74, 6) is 0.850. The van der Waals surface area contributed by atoms with Gasteiger partial charge in [0.05, 0.1) is 23.8 Å². The summed E-state index contributed by atoms with van der Waals surface area (Å²) < 4.78 is 3.56. The van der Waals surface area contributed by atoms with Crippen molar-refractivity contribution in [2.24, 2.45) is 17.2 Å². The van der Waals surface area contributed by atoms with Crippen LogP contribution >= 0.6 is 34.8 Å². The van der Waals surface area contributed by atoms with Gasteiger partial charge >= 0.3 is 0 Å². The second kappa shape index (κ2) is 16.3. The van der Waals surface area contributed by atoms with Crippen molar-refractivity contribution < 1.29 is 0 Å². The molecule has 10 nitrogen and oxygen atoms in total. The Labute approximate surface area is 301 Å². The molecule has 2 aliphatic carbocycles. The van der Waals surface area contributed by atoms with Crippen molar-refractivity contribution >= 4 is 51.9 Å². The summed E-state index contributed by atoms with van der Waals surface area (Å²) in [6.45, 7) is 0. The van der Waals surface area contributed by atoms with E-state index in [-0.39, 0.29) is 6.04 Å². The summed E-state index contributed by atoms with van der Waals surface area (Å²) in [6.07, 6.45) is 12.6. The largest absolute Gasteiger partial charge is 0.366 e. The number of hydrogen-bond acceptors (Lipinski definition) is 8. The van der Waals surface area contributed by atoms with E-state index in [4.69, 9.17) is 57.1 Å². The molecule has 0 saturated heterocycles. The van der Waals surface area contributed by atoms with Gasteiger partial charge in [-0.1, -0.05) is 65.5 Å². The van der Waals surface area contributed by atoms with Crippen LogP contribution in [0.4, 0.5) is 5.82 Å². The number of fused-ring (bicyclic) bond motifs is 2. The Hall–Kier alpha value is -3.77. The summed E-state index contributed by atoms with van der Waals surface area (Å²) in [5.41, 5.74) is 22.7. The highest BCUT2D eigenvalue weighted by Crippen LogP contribution is 2.26. The molecule has 2 fully saturated rings. The Morgan fingerprint density at radius 2 is 1.14 bits per heavy atom. The standard InChI is InChI=1S/C18H20ClN5.C12H7Cl2N3.C6H14N2/c19-13-4-1-3-12(9-13)16-11-21-18-8-7-17(23-24(16)18)22-15-6-2-5-14(20)10-15;13-9-3-1-2-8(6-9)10-7-15-12-5-4-11(14)16-17(10)12;7-5-2-1-3-6(8)4-5/h1,3-4,7-9,11,14-15H,2,5-6,10,20H2,(H,22,23);1-7H;5-6H,1-4,7-8H2. The summed E-state index contributed by atoms with van der Waals surface area (Å²) in [6, 6.07) is 24.2. The highest BCUT2D eigenvalue weighted by Gasteiger charge is 2.20. The molecule has 0 spiro atoms. The number of nitrogens with one attached hydrogen (secondary N) is 1. The van der Waals surface area contributed by atoms with E-state index in [0.717, 1.165) is 65.3 Å². The lowest BCUT2D eigenvalue weighted by atomic mass is 9.92. The molecule has 6 aromatic rings. The first-order chi connectivity index (χ1) is 23.7. The third-order valence-electron chi connectivity index (χ3n) is 8.75. The molecule has 4 unspecified atom stereocenters. The number of imidazole rings is 2. The average Bonchev–Trinajstić information content (AvgIpc) is 3.69. The highest BCUT2D eigenvalue weighted by molar-refractivity contribution is 6.31. The fraction of sp³-hybridized carbons (Fsp3) is 0.333. The first-order valence-corrected chi connectivity index (χ1v) is 17.8. The minimum absolute atomic E-state index is 0.287. The van der Waals surface area contributed by atoms with Gasteiger partial charge in [0.2, 0.25) is 0 Å². The van der Waals surface area contributed by atoms with Crippen LogP contribution in [0.5, 0.6) is 0 Å². The predicted molar refractivity (Wildman–Crippen MR) is 200 cm³/mol. The van der Waals surface area contributed by atoms with Crippen LogP contribution < -0.4 is 22.5 Å². The van der Waals surface area contributed by atoms with Gasteiger partial charge in [-0.05, 0) is 93.5 Å². The van der Waals surface area contributed by atoms with E-state index < -0.39 is 0 Å². The van der Waals surface area contributed by atoms with Gasteiger partial charge in [0.1, 0.15) is 11.0 Å². The molecule has 4 atom stereocenters. The molecule has 4 aromatic heterocycles. The number of rotatable bonds is 4. The van der Waals surface area contributed by atoms with Crippen LogP contribution in [0.25, 0.3) is 33.8 Å². The van der Waals surface area contributed by atoms with E-state index in [1.54, 1.807) is 16.8 Å². The van der Waals surface area contributed by atoms with E-state index in [1.807, 2.05) is 77.4 Å². The minimum Gasteiger partial charge on any atom is -0.366 e. The van der Waals surface area contributed by atoms with Crippen molar-refractivity contribution in [3.63, 3.8) is 0 Å². The lowest BCUT2D eigenvalue weighted by Crippen LogP contribution is -2.35. The van der Waals surface area contributed by atoms with Crippen LogP contribution in [0.1, 0.15) is 51.4 Å². The maximum absolute atomic E-state index is 6.11. The highest BCUT2D eigenvalue weighted by atomic mass is 35.5. The lowest BCUT2D eigenvalue weighted by Gasteiger charge is -2.27. The van der Waals surface area contributed by atoms with E-state index in [1.165, 1.54) is 25.7 Å². The Kier molecular flexibility index (Phi) is 11.7. The molecule has 8 rings (SSSR count). The third kappa shape index (κ3) is 9.27. The molecular weight excluding hydrogens is 679 g/mol. The van der Waals surface area contributed by atoms with Gasteiger partial charge in [-0.15, -0.1) is 5.10 Å². The number of nitrogens with zero attached hydrogens (tertiary/aromatic N) is 6. The molecule has 0 bridgehead atoms. The van der Waals surface area contributed by atoms with Crippen molar-refractivity contribution in [3.8, 4) is 22.5 Å². The Morgan fingerprint density at radius 1 is 0.612 bits per heavy atom. The fourth-order valence-corrected chi connectivity index (χ4v) is 6.84. The van der Waals surface area contributed by atoms with Gasteiger partial charge in [-0.3, -0.25) is 0 Å². The van der Waals surface area contributed by atoms with E-state index in [2.05, 4.69) is 20.4 Å². The number of aromatic nitrogens is 6. The molecule has 256 valence electrons. The predicted octanol–water partition coefficient (Wildman–Crippen LogP) is 7.65. The number of halogens is 3. The molecule has 13 heteroatoms. The Bertz CT molecular complexity index is 1990. The van der Waals surface area contributed by atoms with Gasteiger partial charge in [0.15, 0.2) is 11.3 Å². The zero-order valence-corrected chi connectivity index (χ0v) is 29.4. The lowest BCUT2D eigenvalue weighted by molar-refractivity contribution is 0.392. The molecule has 0 radical (unpaired) electrons. The van der Waals surface area contributed by atoms with E-state index >= 15 is 0 Å². The quantitative estimate of drug-likeness (QED) is 0.145. The van der Waals surface area contributed by atoms with Gasteiger partial charge in [-0.2, -0.15) is 5.10 Å². The Balaban J connectivity index is 0.000000144. The molecule has 2 aromatic carbocycles. The first kappa shape index (κ1) is 35.1. The molecular formula is C36H41Cl3N10. The zero-order chi connectivity index (χ0) is 34.3. The van der Waals surface area contributed by atoms with E-state index in [0.29, 0.717) is 33.3 Å². The van der Waals surface area contributed by atoms with Crippen molar-refractivity contribution in [1.29, 1.82) is 0 Å². The van der Waals surface area contributed by atoms with Crippen LogP contribution in [0.2, 0.25) is 15.2 Å². The monoisotopic (exact) mass is 718 g/mol. The molecule has 7 N–H and O–H groups in total. The maximum Gasteiger partial charge on any atom is 0.154 e. The topological polar surface area (TPSA) is 150 Å². The van der Waals surface area contributed by atoms with Crippen LogP contribution in [0, 0.1) is 0 Å². The molecule has 0 aliphatic heterocycles. The van der Waals surface area contributed by atoms with Crippen molar-refractivity contribution in [2.45, 2.75) is 75.5 Å². The van der Waals surface area contributed by atoms with Gasteiger partial charge in [-0.25, -0.2) is 19.0 Å². The summed E-state index contributed by atoms with van der Waals surface area (Å²) >= 11 is 18.0. The Morgan fingerprint density at radius 3 is 1.67 bits per heavy atom. The zero-order valence-electron chi connectivity index (χ0n) is 27.1. The summed E-state index contributed by atoms with van der Waals surface area (Å²) in [7, 11) is 0. The number of benzene rings is 2. The number of nitrogens with two attached hydrogens (primary N) is 3. The average molecular weight is 720 g/mol. The van der Waals surface area contributed by atoms with Crippen LogP contribution in [0.3, 0.4) is 0 Å². The van der Waals surface area contributed by atoms with Crippen LogP contribution in [-0.4, -0.2) is 53.4 Å². The molecule has 2 saturated carbocycles. The molecule has 4 heterocycles. The molecule has 49 heavy (non-hydrogen) atoms. The van der Waals surface area contributed by atoms with Crippen molar-refractivity contribution in [2.75, 3.05) is 5.32 Å². The van der Waals surface area contributed by atoms with Crippen molar-refractivity contribution in [1.82, 2.24) is 29.2 Å². The van der Waals surface area contributed by atoms with Gasteiger partial charge in [0, 0.05) is 45.3 Å². The van der Waals surface area contributed by atoms with E-state index in [9.17, 15) is 0 Å². The summed E-state index contributed by atoms with van der Waals surface area (Å²) in [4.78, 5) is 8.70. The second-order valence-corrected chi connectivity index (χ2v) is 13.9. The van der Waals surface area contributed by atoms with Crippen LogP contribution in [0.15, 0.2) is 85.2 Å². The van der Waals surface area contributed by atoms with Gasteiger partial charge < -0.3 is 22.5 Å². The fourth-order valence-electron chi connectivity index (χ4n) is 6.33. The minimum atomic E-state index is 0.287. The number of hydrogen-bond donors (Lipinski definition) is 4. The molecule has 0 amide bonds. The third-order valence-corrected chi connectivity index (χ3v) is 9.43. The summed E-state index contributed by atoms with van der Waals surface area (Å²) in [5, 5.41) is 14.3. The smallest absolute Gasteiger partial charge is 0.154 e. The molecule has 2 aliphatic rings. The second-order valence-electron chi connectivity index (χ2n) is 12.7. The van der Waals surface area contributed by atoms with Crippen molar-refractivity contribution in [3.05, 3.63) is 100 Å². The van der Waals surface area contributed by atoms with Gasteiger partial charge in [0.25, 0.3) is 0 Å². The maximum atomic E-state index is 6.11. The first-order valence-electron chi connectivity index (χ1n) is 16.6. The SMILES string of the molecule is Clc1cccc(-c2cnc3ccc(Cl)nn23)c1.NC1CCCC(N)C1.NC1CCCC(Nc2ccc3ncc(-c4cccc(Cl)c4)n3n2)C1. The van der Waals surface area contributed by atoms with Crippen LogP contribution in [-0.2, 0) is 0 Å². The number of anilines is 1. The normalized spacial score (nSPS) is 20.6.